The summed E-state index contributed by atoms with van der Waals surface area (Å²) in [4.78, 5) is 11.6. The van der Waals surface area contributed by atoms with Gasteiger partial charge in [0, 0.05) is 7.05 Å². The highest BCUT2D eigenvalue weighted by atomic mass is 16.5. The first-order valence-corrected chi connectivity index (χ1v) is 4.23. The zero-order valence-corrected chi connectivity index (χ0v) is 8.57. The van der Waals surface area contributed by atoms with Crippen LogP contribution in [0.15, 0.2) is 18.2 Å². The van der Waals surface area contributed by atoms with Crippen LogP contribution < -0.4 is 10.6 Å². The molecule has 0 aliphatic heterocycles. The first-order chi connectivity index (χ1) is 6.56. The van der Waals surface area contributed by atoms with Gasteiger partial charge in [0.2, 0.25) is 0 Å². The fraction of sp³-hybridized carbons (Fsp3) is 0.300. The van der Waals surface area contributed by atoms with E-state index in [1.165, 1.54) is 14.2 Å². The standard InChI is InChI=1S/C10H14N2O2/c1-7-4-5-9(14-3)8(6-7)10(13)12(2)11/h4-6H,11H2,1-3H3. The number of benzene rings is 1. The maximum absolute atomic E-state index is 11.6. The summed E-state index contributed by atoms with van der Waals surface area (Å²) in [5, 5.41) is 1.04. The molecule has 1 rings (SSSR count). The predicted molar refractivity (Wildman–Crippen MR) is 54.0 cm³/mol. The summed E-state index contributed by atoms with van der Waals surface area (Å²) in [6.45, 7) is 1.91. The summed E-state index contributed by atoms with van der Waals surface area (Å²) < 4.78 is 5.07. The van der Waals surface area contributed by atoms with E-state index in [0.29, 0.717) is 11.3 Å². The Bertz CT molecular complexity index is 348. The quantitative estimate of drug-likeness (QED) is 0.433. The zero-order valence-electron chi connectivity index (χ0n) is 8.57. The Labute approximate surface area is 83.2 Å². The van der Waals surface area contributed by atoms with Crippen LogP contribution in [0.2, 0.25) is 0 Å². The molecule has 1 amide bonds. The minimum Gasteiger partial charge on any atom is -0.496 e. The van der Waals surface area contributed by atoms with Crippen molar-refractivity contribution < 1.29 is 9.53 Å². The molecule has 0 atom stereocenters. The largest absolute Gasteiger partial charge is 0.496 e. The topological polar surface area (TPSA) is 55.6 Å². The van der Waals surface area contributed by atoms with Gasteiger partial charge in [-0.05, 0) is 19.1 Å². The molecule has 0 unspecified atom stereocenters. The molecule has 0 bridgehead atoms. The first-order valence-electron chi connectivity index (χ1n) is 4.23. The van der Waals surface area contributed by atoms with Gasteiger partial charge in [-0.25, -0.2) is 5.84 Å². The fourth-order valence-electron chi connectivity index (χ4n) is 1.18. The molecule has 0 fully saturated rings. The minimum absolute atomic E-state index is 0.259. The normalized spacial score (nSPS) is 9.71. The van der Waals surface area contributed by atoms with E-state index in [9.17, 15) is 4.79 Å². The molecule has 1 aromatic carbocycles. The Morgan fingerprint density at radius 2 is 2.14 bits per heavy atom. The van der Waals surface area contributed by atoms with Gasteiger partial charge in [-0.15, -0.1) is 0 Å². The number of carbonyl (C=O) groups excluding carboxylic acids is 1. The maximum Gasteiger partial charge on any atom is 0.271 e. The van der Waals surface area contributed by atoms with Crippen LogP contribution in [0.3, 0.4) is 0 Å². The van der Waals surface area contributed by atoms with Gasteiger partial charge in [-0.2, -0.15) is 0 Å². The van der Waals surface area contributed by atoms with E-state index in [-0.39, 0.29) is 5.91 Å². The van der Waals surface area contributed by atoms with Crippen LogP contribution >= 0.6 is 0 Å². The summed E-state index contributed by atoms with van der Waals surface area (Å²) in [5.74, 6) is 5.65. The van der Waals surface area contributed by atoms with Gasteiger partial charge in [-0.1, -0.05) is 11.6 Å². The molecule has 14 heavy (non-hydrogen) atoms. The Hall–Kier alpha value is -1.55. The van der Waals surface area contributed by atoms with Gasteiger partial charge < -0.3 is 4.74 Å². The van der Waals surface area contributed by atoms with Crippen molar-refractivity contribution in [3.63, 3.8) is 0 Å². The Morgan fingerprint density at radius 3 is 2.64 bits per heavy atom. The average Bonchev–Trinajstić information content (AvgIpc) is 2.16. The van der Waals surface area contributed by atoms with Crippen molar-refractivity contribution in [1.82, 2.24) is 5.01 Å². The number of carbonyl (C=O) groups is 1. The Morgan fingerprint density at radius 1 is 1.50 bits per heavy atom. The number of hydrazine groups is 1. The molecule has 76 valence electrons. The molecular weight excluding hydrogens is 180 g/mol. The van der Waals surface area contributed by atoms with E-state index in [1.54, 1.807) is 12.1 Å². The highest BCUT2D eigenvalue weighted by Crippen LogP contribution is 2.20. The summed E-state index contributed by atoms with van der Waals surface area (Å²) in [6.07, 6.45) is 0. The van der Waals surface area contributed by atoms with Crippen LogP contribution in [0.1, 0.15) is 15.9 Å². The predicted octanol–water partition coefficient (Wildman–Crippen LogP) is 0.949. The third kappa shape index (κ3) is 2.03. The number of ether oxygens (including phenoxy) is 1. The minimum atomic E-state index is -0.259. The molecule has 4 nitrogen and oxygen atoms in total. The number of aryl methyl sites for hydroxylation is 1. The van der Waals surface area contributed by atoms with Crippen LogP contribution in [0, 0.1) is 6.92 Å². The third-order valence-electron chi connectivity index (χ3n) is 1.91. The summed E-state index contributed by atoms with van der Waals surface area (Å²) in [5.41, 5.74) is 1.48. The number of amides is 1. The molecule has 0 radical (unpaired) electrons. The van der Waals surface area contributed by atoms with Crippen molar-refractivity contribution in [3.05, 3.63) is 29.3 Å². The molecule has 0 spiro atoms. The molecule has 0 aliphatic carbocycles. The molecule has 2 N–H and O–H groups in total. The monoisotopic (exact) mass is 194 g/mol. The van der Waals surface area contributed by atoms with Crippen LogP contribution in [0.5, 0.6) is 5.75 Å². The van der Waals surface area contributed by atoms with Crippen molar-refractivity contribution in [2.45, 2.75) is 6.92 Å². The lowest BCUT2D eigenvalue weighted by atomic mass is 10.1. The van der Waals surface area contributed by atoms with Crippen LogP contribution in [-0.4, -0.2) is 25.1 Å². The number of nitrogens with zero attached hydrogens (tertiary/aromatic N) is 1. The lowest BCUT2D eigenvalue weighted by molar-refractivity contribution is 0.0791. The highest BCUT2D eigenvalue weighted by Gasteiger charge is 2.14. The Balaban J connectivity index is 3.17. The first kappa shape index (κ1) is 10.5. The number of nitrogens with two attached hydrogens (primary N) is 1. The lowest BCUT2D eigenvalue weighted by Gasteiger charge is -2.13. The number of rotatable bonds is 2. The van der Waals surface area contributed by atoms with Crippen molar-refractivity contribution in [3.8, 4) is 5.75 Å². The van der Waals surface area contributed by atoms with Crippen LogP contribution in [0.25, 0.3) is 0 Å². The van der Waals surface area contributed by atoms with E-state index in [2.05, 4.69) is 0 Å². The van der Waals surface area contributed by atoms with E-state index in [1.807, 2.05) is 13.0 Å². The van der Waals surface area contributed by atoms with Gasteiger partial charge in [0.1, 0.15) is 5.75 Å². The SMILES string of the molecule is COc1ccc(C)cc1C(=O)N(C)N. The smallest absolute Gasteiger partial charge is 0.271 e. The second-order valence-electron chi connectivity index (χ2n) is 3.12. The van der Waals surface area contributed by atoms with Crippen molar-refractivity contribution in [2.75, 3.05) is 14.2 Å². The second-order valence-corrected chi connectivity index (χ2v) is 3.12. The highest BCUT2D eigenvalue weighted by molar-refractivity contribution is 5.96. The third-order valence-corrected chi connectivity index (χ3v) is 1.91. The van der Waals surface area contributed by atoms with Gasteiger partial charge in [0.25, 0.3) is 5.91 Å². The van der Waals surface area contributed by atoms with E-state index < -0.39 is 0 Å². The Kier molecular flexibility index (Phi) is 3.09. The molecular formula is C10H14N2O2. The number of hydrogen-bond donors (Lipinski definition) is 1. The van der Waals surface area contributed by atoms with Crippen molar-refractivity contribution in [2.24, 2.45) is 5.84 Å². The summed E-state index contributed by atoms with van der Waals surface area (Å²) in [6, 6.07) is 5.39. The molecule has 0 heterocycles. The maximum atomic E-state index is 11.6. The van der Waals surface area contributed by atoms with E-state index in [4.69, 9.17) is 10.6 Å². The summed E-state index contributed by atoms with van der Waals surface area (Å²) >= 11 is 0. The van der Waals surface area contributed by atoms with Gasteiger partial charge in [-0.3, -0.25) is 9.80 Å². The van der Waals surface area contributed by atoms with Gasteiger partial charge >= 0.3 is 0 Å². The zero-order chi connectivity index (χ0) is 10.7. The average molecular weight is 194 g/mol. The number of hydrogen-bond acceptors (Lipinski definition) is 3. The van der Waals surface area contributed by atoms with Gasteiger partial charge in [0.15, 0.2) is 0 Å². The van der Waals surface area contributed by atoms with E-state index >= 15 is 0 Å². The molecule has 1 aromatic rings. The van der Waals surface area contributed by atoms with E-state index in [0.717, 1.165) is 10.6 Å². The van der Waals surface area contributed by atoms with Crippen LogP contribution in [-0.2, 0) is 0 Å². The molecule has 0 aromatic heterocycles. The van der Waals surface area contributed by atoms with Crippen molar-refractivity contribution >= 4 is 5.91 Å². The van der Waals surface area contributed by atoms with Crippen LogP contribution in [0.4, 0.5) is 0 Å². The molecule has 0 aliphatic rings. The molecule has 4 heteroatoms. The fourth-order valence-corrected chi connectivity index (χ4v) is 1.18. The summed E-state index contributed by atoms with van der Waals surface area (Å²) in [7, 11) is 3.03. The lowest BCUT2D eigenvalue weighted by Crippen LogP contribution is -2.33. The van der Waals surface area contributed by atoms with Crippen molar-refractivity contribution in [1.29, 1.82) is 0 Å². The second kappa shape index (κ2) is 4.11. The molecule has 0 saturated heterocycles. The molecule has 0 saturated carbocycles. The van der Waals surface area contributed by atoms with Gasteiger partial charge in [0.05, 0.1) is 12.7 Å². The number of methoxy groups -OCH3 is 1.